The van der Waals surface area contributed by atoms with Crippen LogP contribution in [-0.4, -0.2) is 12.1 Å². The van der Waals surface area contributed by atoms with E-state index in [1.54, 1.807) is 24.4 Å². The first-order valence-electron chi connectivity index (χ1n) is 7.92. The highest BCUT2D eigenvalue weighted by Crippen LogP contribution is 2.19. The monoisotopic (exact) mass is 330 g/mol. The number of amides is 1. The molecule has 1 amide bonds. The number of benzene rings is 3. The summed E-state index contributed by atoms with van der Waals surface area (Å²) in [6.45, 7) is 0.506. The van der Waals surface area contributed by atoms with E-state index < -0.39 is 5.91 Å². The number of nitrogens with zero attached hydrogens (tertiary/aromatic N) is 1. The molecular formula is C21H18N2O2. The molecule has 2 N–H and O–H groups in total. The van der Waals surface area contributed by atoms with E-state index in [9.17, 15) is 4.79 Å². The number of para-hydroxylation sites is 1. The Morgan fingerprint density at radius 3 is 2.52 bits per heavy atom. The maximum absolute atomic E-state index is 11.4. The molecule has 0 heterocycles. The molecule has 0 aromatic heterocycles. The van der Waals surface area contributed by atoms with Crippen molar-refractivity contribution in [1.82, 2.24) is 0 Å². The lowest BCUT2D eigenvalue weighted by molar-refractivity contribution is 0.100. The summed E-state index contributed by atoms with van der Waals surface area (Å²) in [5, 5.41) is 0. The van der Waals surface area contributed by atoms with Crippen molar-refractivity contribution >= 4 is 17.8 Å². The number of carbonyl (C=O) groups is 1. The maximum atomic E-state index is 11.4. The van der Waals surface area contributed by atoms with Gasteiger partial charge in [-0.1, -0.05) is 54.6 Å². The lowest BCUT2D eigenvalue weighted by Gasteiger charge is -2.07. The third kappa shape index (κ3) is 4.54. The van der Waals surface area contributed by atoms with Gasteiger partial charge in [0.05, 0.1) is 11.3 Å². The second-order valence-corrected chi connectivity index (χ2v) is 5.49. The van der Waals surface area contributed by atoms with E-state index in [1.165, 1.54) is 0 Å². The highest BCUT2D eigenvalue weighted by molar-refractivity contribution is 5.98. The van der Waals surface area contributed by atoms with Gasteiger partial charge in [-0.15, -0.1) is 0 Å². The maximum Gasteiger partial charge on any atom is 0.250 e. The van der Waals surface area contributed by atoms with Crippen molar-refractivity contribution in [2.45, 2.75) is 6.61 Å². The normalized spacial score (nSPS) is 10.7. The van der Waals surface area contributed by atoms with E-state index in [0.29, 0.717) is 17.9 Å². The van der Waals surface area contributed by atoms with Crippen molar-refractivity contribution in [2.24, 2.45) is 10.7 Å². The van der Waals surface area contributed by atoms with Gasteiger partial charge in [-0.05, 0) is 35.4 Å². The molecule has 0 saturated heterocycles. The van der Waals surface area contributed by atoms with Crippen molar-refractivity contribution in [1.29, 1.82) is 0 Å². The Hall–Kier alpha value is -3.40. The molecule has 3 aromatic carbocycles. The first kappa shape index (κ1) is 16.5. The summed E-state index contributed by atoms with van der Waals surface area (Å²) in [5.41, 5.74) is 8.30. The first-order chi connectivity index (χ1) is 12.2. The van der Waals surface area contributed by atoms with Crippen LogP contribution in [0, 0.1) is 0 Å². The molecular weight excluding hydrogens is 312 g/mol. The van der Waals surface area contributed by atoms with Gasteiger partial charge < -0.3 is 10.5 Å². The summed E-state index contributed by atoms with van der Waals surface area (Å²) in [5.74, 6) is 0.267. The number of carbonyl (C=O) groups excluding carboxylic acids is 1. The molecule has 3 aromatic rings. The highest BCUT2D eigenvalue weighted by Gasteiger charge is 2.05. The Balaban J connectivity index is 1.73. The molecule has 4 nitrogen and oxygen atoms in total. The molecule has 4 heteroatoms. The van der Waals surface area contributed by atoms with E-state index in [1.807, 2.05) is 60.7 Å². The first-order valence-corrected chi connectivity index (χ1v) is 7.92. The van der Waals surface area contributed by atoms with E-state index in [0.717, 1.165) is 16.9 Å². The lowest BCUT2D eigenvalue weighted by Crippen LogP contribution is -2.10. The van der Waals surface area contributed by atoms with Crippen LogP contribution in [0.2, 0.25) is 0 Å². The predicted octanol–water partition coefficient (Wildman–Crippen LogP) is 4.12. The summed E-state index contributed by atoms with van der Waals surface area (Å²) in [7, 11) is 0. The van der Waals surface area contributed by atoms with E-state index >= 15 is 0 Å². The molecule has 0 radical (unpaired) electrons. The third-order valence-electron chi connectivity index (χ3n) is 3.63. The van der Waals surface area contributed by atoms with Crippen molar-refractivity contribution < 1.29 is 9.53 Å². The highest BCUT2D eigenvalue weighted by atomic mass is 16.5. The molecule has 0 aliphatic heterocycles. The minimum absolute atomic E-state index is 0.398. The molecule has 0 bridgehead atoms. The molecule has 0 unspecified atom stereocenters. The summed E-state index contributed by atoms with van der Waals surface area (Å²) in [6.07, 6.45) is 1.69. The van der Waals surface area contributed by atoms with E-state index in [4.69, 9.17) is 10.5 Å². The Bertz CT molecular complexity index is 889. The van der Waals surface area contributed by atoms with E-state index in [2.05, 4.69) is 4.99 Å². The van der Waals surface area contributed by atoms with Crippen molar-refractivity contribution in [3.63, 3.8) is 0 Å². The van der Waals surface area contributed by atoms with Crippen LogP contribution in [0.1, 0.15) is 21.5 Å². The zero-order chi connectivity index (χ0) is 17.5. The number of primary amides is 1. The molecule has 124 valence electrons. The number of nitrogens with two attached hydrogens (primary N) is 1. The fourth-order valence-corrected chi connectivity index (χ4v) is 2.36. The van der Waals surface area contributed by atoms with Gasteiger partial charge in [0.25, 0.3) is 5.91 Å². The predicted molar refractivity (Wildman–Crippen MR) is 99.4 cm³/mol. The van der Waals surface area contributed by atoms with Crippen LogP contribution in [0.3, 0.4) is 0 Å². The third-order valence-corrected chi connectivity index (χ3v) is 3.63. The van der Waals surface area contributed by atoms with Gasteiger partial charge in [0.2, 0.25) is 0 Å². The Morgan fingerprint density at radius 2 is 1.72 bits per heavy atom. The van der Waals surface area contributed by atoms with Gasteiger partial charge in [-0.25, -0.2) is 0 Å². The smallest absolute Gasteiger partial charge is 0.250 e. The van der Waals surface area contributed by atoms with Crippen LogP contribution in [-0.2, 0) is 6.61 Å². The van der Waals surface area contributed by atoms with Crippen LogP contribution in [0.25, 0.3) is 0 Å². The minimum atomic E-state index is -0.493. The second-order valence-electron chi connectivity index (χ2n) is 5.49. The Labute approximate surface area is 146 Å². The molecule has 0 aliphatic rings. The zero-order valence-corrected chi connectivity index (χ0v) is 13.6. The van der Waals surface area contributed by atoms with Gasteiger partial charge in [-0.3, -0.25) is 9.79 Å². The molecule has 0 atom stereocenters. The van der Waals surface area contributed by atoms with Crippen LogP contribution >= 0.6 is 0 Å². The molecule has 0 saturated carbocycles. The standard InChI is InChI=1S/C21H18N2O2/c22-21(24)19-11-4-5-12-20(19)23-14-17-9-6-10-18(13-17)25-15-16-7-2-1-3-8-16/h1-14H,15H2,(H2,22,24). The number of rotatable bonds is 6. The van der Waals surface area contributed by atoms with Crippen molar-refractivity contribution in [2.75, 3.05) is 0 Å². The van der Waals surface area contributed by atoms with Gasteiger partial charge in [-0.2, -0.15) is 0 Å². The van der Waals surface area contributed by atoms with Crippen molar-refractivity contribution in [3.8, 4) is 5.75 Å². The molecule has 0 fully saturated rings. The van der Waals surface area contributed by atoms with Crippen LogP contribution in [0.4, 0.5) is 5.69 Å². The number of aliphatic imine (C=N–C) groups is 1. The largest absolute Gasteiger partial charge is 0.489 e. The van der Waals surface area contributed by atoms with Crippen LogP contribution in [0.5, 0.6) is 5.75 Å². The molecule has 3 rings (SSSR count). The summed E-state index contributed by atoms with van der Waals surface area (Å²) in [4.78, 5) is 15.8. The lowest BCUT2D eigenvalue weighted by atomic mass is 10.1. The van der Waals surface area contributed by atoms with Gasteiger partial charge in [0.1, 0.15) is 12.4 Å². The number of ether oxygens (including phenoxy) is 1. The molecule has 0 aliphatic carbocycles. The summed E-state index contributed by atoms with van der Waals surface area (Å²) < 4.78 is 5.81. The minimum Gasteiger partial charge on any atom is -0.489 e. The quantitative estimate of drug-likeness (QED) is 0.691. The number of hydrogen-bond donors (Lipinski definition) is 1. The fourth-order valence-electron chi connectivity index (χ4n) is 2.36. The average Bonchev–Trinajstić information content (AvgIpc) is 2.66. The Kier molecular flexibility index (Phi) is 5.22. The molecule has 0 spiro atoms. The number of hydrogen-bond acceptors (Lipinski definition) is 3. The molecule has 25 heavy (non-hydrogen) atoms. The van der Waals surface area contributed by atoms with Crippen LogP contribution in [0.15, 0.2) is 83.9 Å². The van der Waals surface area contributed by atoms with Gasteiger partial charge >= 0.3 is 0 Å². The second kappa shape index (κ2) is 7.93. The fraction of sp³-hybridized carbons (Fsp3) is 0.0476. The topological polar surface area (TPSA) is 64.7 Å². The summed E-state index contributed by atoms with van der Waals surface area (Å²) in [6, 6.07) is 24.6. The summed E-state index contributed by atoms with van der Waals surface area (Å²) >= 11 is 0. The van der Waals surface area contributed by atoms with Crippen molar-refractivity contribution in [3.05, 3.63) is 95.6 Å². The average molecular weight is 330 g/mol. The Morgan fingerprint density at radius 1 is 0.960 bits per heavy atom. The van der Waals surface area contributed by atoms with E-state index in [-0.39, 0.29) is 0 Å². The SMILES string of the molecule is NC(=O)c1ccccc1N=Cc1cccc(OCc2ccccc2)c1. The van der Waals surface area contributed by atoms with Gasteiger partial charge in [0.15, 0.2) is 0 Å². The van der Waals surface area contributed by atoms with Crippen LogP contribution < -0.4 is 10.5 Å². The van der Waals surface area contributed by atoms with Gasteiger partial charge in [0, 0.05) is 6.21 Å². The zero-order valence-electron chi connectivity index (χ0n) is 13.6.